The van der Waals surface area contributed by atoms with Crippen molar-refractivity contribution in [1.82, 2.24) is 0 Å². The van der Waals surface area contributed by atoms with Crippen molar-refractivity contribution in [3.8, 4) is 0 Å². The Kier molecular flexibility index (Phi) is 7.78. The number of methoxy groups -OCH3 is 1. The Bertz CT molecular complexity index is 860. The summed E-state index contributed by atoms with van der Waals surface area (Å²) in [6, 6.07) is 16.9. The van der Waals surface area contributed by atoms with Gasteiger partial charge >= 0.3 is 5.97 Å². The van der Waals surface area contributed by atoms with Crippen molar-refractivity contribution in [1.29, 1.82) is 0 Å². The third-order valence-electron chi connectivity index (χ3n) is 4.73. The smallest absolute Gasteiger partial charge is 0.338 e. The Morgan fingerprint density at radius 3 is 2.47 bits per heavy atom. The molecular weight excluding hydrogens is 390 g/mol. The van der Waals surface area contributed by atoms with Crippen molar-refractivity contribution in [3.63, 3.8) is 0 Å². The quantitative estimate of drug-likeness (QED) is 0.307. The van der Waals surface area contributed by atoms with Gasteiger partial charge in [-0.25, -0.2) is 4.79 Å². The summed E-state index contributed by atoms with van der Waals surface area (Å²) in [6.45, 7) is -0.0318. The first kappa shape index (κ1) is 21.8. The largest absolute Gasteiger partial charge is 0.459 e. The molecule has 0 saturated carbocycles. The summed E-state index contributed by atoms with van der Waals surface area (Å²) in [5.74, 6) is -0.542. The third kappa shape index (κ3) is 5.35. The summed E-state index contributed by atoms with van der Waals surface area (Å²) < 4.78 is 22.2. The van der Waals surface area contributed by atoms with Crippen LogP contribution >= 0.6 is 0 Å². The fourth-order valence-corrected chi connectivity index (χ4v) is 3.19. The molecule has 1 aliphatic rings. The van der Waals surface area contributed by atoms with Gasteiger partial charge < -0.3 is 24.1 Å². The van der Waals surface area contributed by atoms with Crippen molar-refractivity contribution < 1.29 is 28.8 Å². The number of benzene rings is 2. The molecule has 0 aliphatic carbocycles. The highest BCUT2D eigenvalue weighted by Gasteiger charge is 2.46. The molecule has 2 aromatic carbocycles. The van der Waals surface area contributed by atoms with E-state index in [1.165, 1.54) is 7.11 Å². The highest BCUT2D eigenvalue weighted by Crippen LogP contribution is 2.28. The number of azide groups is 1. The molecule has 1 heterocycles. The van der Waals surface area contributed by atoms with E-state index in [1.807, 2.05) is 30.3 Å². The minimum Gasteiger partial charge on any atom is -0.459 e. The number of carbonyl (C=O) groups is 1. The lowest BCUT2D eigenvalue weighted by Gasteiger charge is -2.42. The molecule has 2 aromatic rings. The summed E-state index contributed by atoms with van der Waals surface area (Å²) in [7, 11) is 1.39. The van der Waals surface area contributed by atoms with Crippen LogP contribution in [0.5, 0.6) is 0 Å². The van der Waals surface area contributed by atoms with Gasteiger partial charge in [0.25, 0.3) is 0 Å². The standard InChI is InChI=1S/C21H23N3O6/c1-27-21-17(23-24-22)19(28-12-14-8-4-2-5-9-14)18(25)16(30-21)13-29-20(26)15-10-6-3-7-11-15/h2-11,16-19,21,25H,12-13H2,1H3/t16?,17?,18?,19-,21-/m1/s1. The second kappa shape index (κ2) is 10.7. The van der Waals surface area contributed by atoms with Crippen LogP contribution in [0.4, 0.5) is 0 Å². The molecule has 9 nitrogen and oxygen atoms in total. The van der Waals surface area contributed by atoms with Crippen LogP contribution < -0.4 is 0 Å². The zero-order chi connectivity index (χ0) is 21.3. The summed E-state index contributed by atoms with van der Waals surface area (Å²) in [4.78, 5) is 15.0. The van der Waals surface area contributed by atoms with Gasteiger partial charge in [0.1, 0.15) is 24.9 Å². The molecule has 0 radical (unpaired) electrons. The van der Waals surface area contributed by atoms with E-state index in [4.69, 9.17) is 24.5 Å². The Morgan fingerprint density at radius 1 is 1.17 bits per heavy atom. The van der Waals surface area contributed by atoms with E-state index in [-0.39, 0.29) is 13.2 Å². The fraction of sp³-hybridized carbons (Fsp3) is 0.381. The van der Waals surface area contributed by atoms with E-state index in [0.717, 1.165) is 5.56 Å². The third-order valence-corrected chi connectivity index (χ3v) is 4.73. The molecule has 1 saturated heterocycles. The Balaban J connectivity index is 1.71. The maximum atomic E-state index is 12.2. The van der Waals surface area contributed by atoms with Gasteiger partial charge in [-0.15, -0.1) is 0 Å². The highest BCUT2D eigenvalue weighted by molar-refractivity contribution is 5.89. The van der Waals surface area contributed by atoms with Crippen LogP contribution in [0.25, 0.3) is 10.4 Å². The van der Waals surface area contributed by atoms with Gasteiger partial charge in [0.05, 0.1) is 18.3 Å². The Labute approximate surface area is 173 Å². The number of nitrogens with zero attached hydrogens (tertiary/aromatic N) is 3. The van der Waals surface area contributed by atoms with Gasteiger partial charge in [-0.2, -0.15) is 0 Å². The number of esters is 1. The molecule has 158 valence electrons. The van der Waals surface area contributed by atoms with E-state index < -0.39 is 36.6 Å². The molecule has 0 amide bonds. The highest BCUT2D eigenvalue weighted by atomic mass is 16.7. The van der Waals surface area contributed by atoms with Gasteiger partial charge in [0, 0.05) is 12.0 Å². The number of carbonyl (C=O) groups excluding carboxylic acids is 1. The lowest BCUT2D eigenvalue weighted by molar-refractivity contribution is -0.266. The fourth-order valence-electron chi connectivity index (χ4n) is 3.19. The molecular formula is C21H23N3O6. The molecule has 1 fully saturated rings. The van der Waals surface area contributed by atoms with Gasteiger partial charge in [-0.3, -0.25) is 0 Å². The first-order chi connectivity index (χ1) is 14.6. The summed E-state index contributed by atoms with van der Waals surface area (Å²) in [5, 5.41) is 14.5. The zero-order valence-electron chi connectivity index (χ0n) is 16.4. The second-order valence-electron chi connectivity index (χ2n) is 6.69. The maximum absolute atomic E-state index is 12.2. The molecule has 1 N–H and O–H groups in total. The van der Waals surface area contributed by atoms with E-state index in [2.05, 4.69) is 10.0 Å². The van der Waals surface area contributed by atoms with E-state index in [0.29, 0.717) is 5.56 Å². The first-order valence-corrected chi connectivity index (χ1v) is 9.42. The first-order valence-electron chi connectivity index (χ1n) is 9.42. The SMILES string of the molecule is CO[C@@H]1OC(COC(=O)c2ccccc2)C(O)[C@H](OCc2ccccc2)C1N=[N+]=[N-]. The van der Waals surface area contributed by atoms with Crippen LogP contribution in [0.1, 0.15) is 15.9 Å². The molecule has 3 rings (SSSR count). The average molecular weight is 413 g/mol. The van der Waals surface area contributed by atoms with Crippen LogP contribution in [0.2, 0.25) is 0 Å². The Hall–Kier alpha value is -2.94. The number of aliphatic hydroxyl groups excluding tert-OH is 1. The molecule has 0 bridgehead atoms. The molecule has 0 aromatic heterocycles. The Morgan fingerprint density at radius 2 is 1.83 bits per heavy atom. The van der Waals surface area contributed by atoms with E-state index in [9.17, 15) is 9.90 Å². The van der Waals surface area contributed by atoms with Gasteiger partial charge in [-0.1, -0.05) is 53.6 Å². The van der Waals surface area contributed by atoms with Crippen LogP contribution in [-0.2, 0) is 25.6 Å². The zero-order valence-corrected chi connectivity index (χ0v) is 16.4. The maximum Gasteiger partial charge on any atom is 0.338 e. The predicted molar refractivity (Wildman–Crippen MR) is 106 cm³/mol. The van der Waals surface area contributed by atoms with E-state index >= 15 is 0 Å². The van der Waals surface area contributed by atoms with Crippen molar-refractivity contribution in [3.05, 3.63) is 82.2 Å². The van der Waals surface area contributed by atoms with Crippen molar-refractivity contribution >= 4 is 5.97 Å². The van der Waals surface area contributed by atoms with Gasteiger partial charge in [0.15, 0.2) is 6.29 Å². The van der Waals surface area contributed by atoms with Crippen LogP contribution in [0, 0.1) is 0 Å². The molecule has 9 heteroatoms. The molecule has 3 unspecified atom stereocenters. The number of rotatable bonds is 8. The summed E-state index contributed by atoms with van der Waals surface area (Å²) in [5.41, 5.74) is 10.2. The number of aliphatic hydroxyl groups is 1. The molecule has 0 spiro atoms. The lowest BCUT2D eigenvalue weighted by Crippen LogP contribution is -2.59. The number of hydrogen-bond acceptors (Lipinski definition) is 7. The molecule has 1 aliphatic heterocycles. The molecule has 5 atom stereocenters. The van der Waals surface area contributed by atoms with Gasteiger partial charge in [-0.05, 0) is 23.2 Å². The minimum absolute atomic E-state index is 0.187. The molecule has 30 heavy (non-hydrogen) atoms. The topological polar surface area (TPSA) is 123 Å². The summed E-state index contributed by atoms with van der Waals surface area (Å²) in [6.07, 6.45) is -4.02. The van der Waals surface area contributed by atoms with Crippen LogP contribution in [-0.4, -0.2) is 55.4 Å². The average Bonchev–Trinajstić information content (AvgIpc) is 2.79. The summed E-state index contributed by atoms with van der Waals surface area (Å²) >= 11 is 0. The van der Waals surface area contributed by atoms with Crippen LogP contribution in [0.3, 0.4) is 0 Å². The van der Waals surface area contributed by atoms with Crippen LogP contribution in [0.15, 0.2) is 65.8 Å². The van der Waals surface area contributed by atoms with Crippen molar-refractivity contribution in [2.75, 3.05) is 13.7 Å². The van der Waals surface area contributed by atoms with Gasteiger partial charge in [0.2, 0.25) is 0 Å². The monoisotopic (exact) mass is 413 g/mol. The normalized spacial score (nSPS) is 25.9. The van der Waals surface area contributed by atoms with E-state index in [1.54, 1.807) is 30.3 Å². The van der Waals surface area contributed by atoms with Crippen molar-refractivity contribution in [2.24, 2.45) is 5.11 Å². The minimum atomic E-state index is -1.21. The number of ether oxygens (including phenoxy) is 4. The van der Waals surface area contributed by atoms with Crippen molar-refractivity contribution in [2.45, 2.75) is 37.3 Å². The second-order valence-corrected chi connectivity index (χ2v) is 6.69. The number of hydrogen-bond donors (Lipinski definition) is 1. The predicted octanol–water partition coefficient (Wildman–Crippen LogP) is 2.84. The lowest BCUT2D eigenvalue weighted by atomic mass is 9.97.